The molecule has 19 heavy (non-hydrogen) atoms. The first-order chi connectivity index (χ1) is 8.97. The van der Waals surface area contributed by atoms with Crippen LogP contribution in [0.4, 0.5) is 18.9 Å². The molecule has 2 rings (SSSR count). The quantitative estimate of drug-likeness (QED) is 0.849. The Morgan fingerprint density at radius 1 is 1.32 bits per heavy atom. The summed E-state index contributed by atoms with van der Waals surface area (Å²) in [6.45, 7) is 4.92. The van der Waals surface area contributed by atoms with E-state index in [0.29, 0.717) is 22.9 Å². The molecule has 0 saturated carbocycles. The zero-order valence-corrected chi connectivity index (χ0v) is 11.5. The molecular weight excluding hydrogens is 273 g/mol. The van der Waals surface area contributed by atoms with Gasteiger partial charge in [-0.05, 0) is 24.5 Å². The summed E-state index contributed by atoms with van der Waals surface area (Å²) in [4.78, 5) is 4.24. The molecule has 1 aliphatic rings. The highest BCUT2D eigenvalue weighted by Gasteiger charge is 2.22. The van der Waals surface area contributed by atoms with Gasteiger partial charge in [0.15, 0.2) is 22.6 Å². The third-order valence-electron chi connectivity index (χ3n) is 2.73. The zero-order valence-electron chi connectivity index (χ0n) is 10.7. The predicted octanol–water partition coefficient (Wildman–Crippen LogP) is 4.03. The molecule has 1 unspecified atom stereocenters. The van der Waals surface area contributed by atoms with Crippen LogP contribution < -0.4 is 5.32 Å². The average molecular weight is 288 g/mol. The first-order valence-corrected chi connectivity index (χ1v) is 6.97. The molecular formula is C13H15F3N2S. The monoisotopic (exact) mass is 288 g/mol. The average Bonchev–Trinajstić information content (AvgIpc) is 2.76. The van der Waals surface area contributed by atoms with Crippen LogP contribution in [0.2, 0.25) is 0 Å². The van der Waals surface area contributed by atoms with Crippen LogP contribution in [0.5, 0.6) is 0 Å². The molecule has 0 fully saturated rings. The van der Waals surface area contributed by atoms with Gasteiger partial charge in [0.25, 0.3) is 0 Å². The molecule has 0 bridgehead atoms. The van der Waals surface area contributed by atoms with Crippen LogP contribution >= 0.6 is 11.8 Å². The lowest BCUT2D eigenvalue weighted by Gasteiger charge is -2.11. The molecule has 2 nitrogen and oxygen atoms in total. The Hall–Kier alpha value is -1.17. The van der Waals surface area contributed by atoms with E-state index in [2.05, 4.69) is 24.2 Å². The number of anilines is 1. The number of benzene rings is 1. The molecule has 6 heteroatoms. The molecule has 1 heterocycles. The van der Waals surface area contributed by atoms with E-state index in [4.69, 9.17) is 0 Å². The van der Waals surface area contributed by atoms with Crippen molar-refractivity contribution >= 4 is 22.6 Å². The lowest BCUT2D eigenvalue weighted by Crippen LogP contribution is -2.11. The molecule has 104 valence electrons. The van der Waals surface area contributed by atoms with Gasteiger partial charge in [0.2, 0.25) is 0 Å². The predicted molar refractivity (Wildman–Crippen MR) is 73.1 cm³/mol. The molecule has 0 spiro atoms. The number of hydrogen-bond acceptors (Lipinski definition) is 3. The van der Waals surface area contributed by atoms with Crippen molar-refractivity contribution in [3.63, 3.8) is 0 Å². The van der Waals surface area contributed by atoms with E-state index in [1.165, 1.54) is 17.8 Å². The minimum absolute atomic E-state index is 0.0876. The molecule has 0 radical (unpaired) electrons. The zero-order chi connectivity index (χ0) is 14.0. The largest absolute Gasteiger partial charge is 0.332 e. The summed E-state index contributed by atoms with van der Waals surface area (Å²) in [7, 11) is 0. The van der Waals surface area contributed by atoms with Gasteiger partial charge < -0.3 is 5.32 Å². The van der Waals surface area contributed by atoms with E-state index in [-0.39, 0.29) is 5.69 Å². The molecule has 1 aromatic rings. The number of aliphatic imine (C=N–C) groups is 1. The van der Waals surface area contributed by atoms with Gasteiger partial charge in [0.05, 0.1) is 12.2 Å². The van der Waals surface area contributed by atoms with Gasteiger partial charge in [-0.15, -0.1) is 0 Å². The van der Waals surface area contributed by atoms with Crippen molar-refractivity contribution in [3.8, 4) is 0 Å². The van der Waals surface area contributed by atoms with Crippen LogP contribution in [-0.4, -0.2) is 17.0 Å². The van der Waals surface area contributed by atoms with Crippen LogP contribution in [0.3, 0.4) is 0 Å². The summed E-state index contributed by atoms with van der Waals surface area (Å²) in [5.74, 6) is -3.31. The second-order valence-electron chi connectivity index (χ2n) is 4.86. The third-order valence-corrected chi connectivity index (χ3v) is 3.86. The fourth-order valence-corrected chi connectivity index (χ4v) is 3.14. The van der Waals surface area contributed by atoms with Crippen LogP contribution in [-0.2, 0) is 0 Å². The Labute approximate surface area is 114 Å². The van der Waals surface area contributed by atoms with Crippen LogP contribution in [0.1, 0.15) is 20.3 Å². The molecule has 1 atom stereocenters. The lowest BCUT2D eigenvalue weighted by atomic mass is 10.1. The van der Waals surface area contributed by atoms with E-state index in [1.54, 1.807) is 0 Å². The molecule has 0 amide bonds. The van der Waals surface area contributed by atoms with Crippen LogP contribution in [0, 0.1) is 23.4 Å². The summed E-state index contributed by atoms with van der Waals surface area (Å²) >= 11 is 1.51. The fraction of sp³-hybridized carbons (Fsp3) is 0.462. The van der Waals surface area contributed by atoms with Crippen LogP contribution in [0.25, 0.3) is 0 Å². The maximum Gasteiger partial charge on any atom is 0.196 e. The maximum atomic E-state index is 13.5. The molecule has 0 aliphatic carbocycles. The van der Waals surface area contributed by atoms with Gasteiger partial charge in [0.1, 0.15) is 0 Å². The highest BCUT2D eigenvalue weighted by Crippen LogP contribution is 2.28. The molecule has 0 saturated heterocycles. The first kappa shape index (κ1) is 14.2. The molecule has 1 aromatic carbocycles. The van der Waals surface area contributed by atoms with Crippen molar-refractivity contribution < 1.29 is 13.2 Å². The summed E-state index contributed by atoms with van der Waals surface area (Å²) in [5.41, 5.74) is -0.0876. The van der Waals surface area contributed by atoms with Crippen LogP contribution in [0.15, 0.2) is 17.1 Å². The smallest absolute Gasteiger partial charge is 0.196 e. The Bertz CT molecular complexity index is 503. The van der Waals surface area contributed by atoms with Crippen molar-refractivity contribution in [2.75, 3.05) is 11.9 Å². The Balaban J connectivity index is 2.02. The number of hydrogen-bond donors (Lipinski definition) is 1. The van der Waals surface area contributed by atoms with Crippen molar-refractivity contribution in [1.29, 1.82) is 0 Å². The molecule has 1 N–H and O–H groups in total. The highest BCUT2D eigenvalue weighted by molar-refractivity contribution is 8.15. The standard InChI is InChI=1S/C13H15F3N2S/c1-7(2)5-8-6-17-13(19-8)18-10-4-3-9(14)11(15)12(10)16/h3-4,7-8H,5-6H2,1-2H3,(H,17,18). The summed E-state index contributed by atoms with van der Waals surface area (Å²) in [6, 6.07) is 2.07. The number of rotatable bonds is 3. The lowest BCUT2D eigenvalue weighted by molar-refractivity contribution is 0.449. The topological polar surface area (TPSA) is 24.4 Å². The summed E-state index contributed by atoms with van der Waals surface area (Å²) in [6.07, 6.45) is 1.01. The third kappa shape index (κ3) is 3.43. The van der Waals surface area contributed by atoms with E-state index in [9.17, 15) is 13.2 Å². The van der Waals surface area contributed by atoms with Gasteiger partial charge in [-0.1, -0.05) is 25.6 Å². The molecule has 0 aromatic heterocycles. The second kappa shape index (κ2) is 5.86. The Kier molecular flexibility index (Phi) is 4.39. The SMILES string of the molecule is CC(C)CC1CN=C(Nc2ccc(F)c(F)c2F)S1. The van der Waals surface area contributed by atoms with Gasteiger partial charge in [-0.2, -0.15) is 0 Å². The van der Waals surface area contributed by atoms with E-state index in [0.717, 1.165) is 12.5 Å². The summed E-state index contributed by atoms with van der Waals surface area (Å²) < 4.78 is 39.4. The van der Waals surface area contributed by atoms with E-state index >= 15 is 0 Å². The van der Waals surface area contributed by atoms with Crippen molar-refractivity contribution in [1.82, 2.24) is 0 Å². The van der Waals surface area contributed by atoms with Crippen molar-refractivity contribution in [3.05, 3.63) is 29.6 Å². The number of amidine groups is 1. The Morgan fingerprint density at radius 3 is 2.74 bits per heavy atom. The van der Waals surface area contributed by atoms with Crippen molar-refractivity contribution in [2.45, 2.75) is 25.5 Å². The second-order valence-corrected chi connectivity index (χ2v) is 6.15. The molecule has 1 aliphatic heterocycles. The fourth-order valence-electron chi connectivity index (χ4n) is 1.87. The Morgan fingerprint density at radius 2 is 2.05 bits per heavy atom. The van der Waals surface area contributed by atoms with Gasteiger partial charge in [0, 0.05) is 5.25 Å². The number of nitrogens with one attached hydrogen (secondary N) is 1. The van der Waals surface area contributed by atoms with Gasteiger partial charge in [-0.3, -0.25) is 4.99 Å². The summed E-state index contributed by atoms with van der Waals surface area (Å²) in [5, 5.41) is 3.62. The minimum Gasteiger partial charge on any atom is -0.332 e. The van der Waals surface area contributed by atoms with E-state index in [1.807, 2.05) is 0 Å². The highest BCUT2D eigenvalue weighted by atomic mass is 32.2. The number of nitrogens with zero attached hydrogens (tertiary/aromatic N) is 1. The minimum atomic E-state index is -1.47. The normalized spacial score (nSPS) is 18.8. The van der Waals surface area contributed by atoms with Gasteiger partial charge >= 0.3 is 0 Å². The number of halogens is 3. The van der Waals surface area contributed by atoms with E-state index < -0.39 is 17.5 Å². The first-order valence-electron chi connectivity index (χ1n) is 6.09. The number of thioether (sulfide) groups is 1. The van der Waals surface area contributed by atoms with Crippen molar-refractivity contribution in [2.24, 2.45) is 10.9 Å². The van der Waals surface area contributed by atoms with Gasteiger partial charge in [-0.25, -0.2) is 13.2 Å². The maximum absolute atomic E-state index is 13.5.